The summed E-state index contributed by atoms with van der Waals surface area (Å²) in [5.41, 5.74) is 1.19. The van der Waals surface area contributed by atoms with Crippen LogP contribution in [0.3, 0.4) is 0 Å². The third-order valence-corrected chi connectivity index (χ3v) is 4.08. The summed E-state index contributed by atoms with van der Waals surface area (Å²) >= 11 is 0. The minimum atomic E-state index is -3.06. The normalized spacial score (nSPS) is 17.8. The molecule has 4 heteroatoms. The highest BCUT2D eigenvalue weighted by molar-refractivity contribution is 7.90. The number of benzene rings is 1. The largest absolute Gasteiger partial charge is 0.299 e. The Labute approximate surface area is 97.0 Å². The Hall–Kier alpha value is -0.870. The molecule has 16 heavy (non-hydrogen) atoms. The van der Waals surface area contributed by atoms with E-state index in [1.807, 2.05) is 12.1 Å². The maximum absolute atomic E-state index is 11.3. The van der Waals surface area contributed by atoms with Crippen LogP contribution in [0.1, 0.15) is 18.4 Å². The van der Waals surface area contributed by atoms with Crippen molar-refractivity contribution in [3.63, 3.8) is 0 Å². The zero-order chi connectivity index (χ0) is 11.6. The highest BCUT2D eigenvalue weighted by atomic mass is 32.2. The number of sulfone groups is 1. The van der Waals surface area contributed by atoms with E-state index in [9.17, 15) is 8.42 Å². The van der Waals surface area contributed by atoms with E-state index in [1.165, 1.54) is 24.7 Å². The van der Waals surface area contributed by atoms with Crippen LogP contribution in [-0.4, -0.2) is 32.7 Å². The lowest BCUT2D eigenvalue weighted by Gasteiger charge is -2.14. The quantitative estimate of drug-likeness (QED) is 0.805. The Morgan fingerprint density at radius 3 is 2.19 bits per heavy atom. The molecule has 0 atom stereocenters. The Bertz CT molecular complexity index is 444. The van der Waals surface area contributed by atoms with Gasteiger partial charge < -0.3 is 0 Å². The smallest absolute Gasteiger partial charge is 0.175 e. The summed E-state index contributed by atoms with van der Waals surface area (Å²) in [7, 11) is -3.06. The van der Waals surface area contributed by atoms with E-state index in [0.717, 1.165) is 19.6 Å². The average molecular weight is 239 g/mol. The van der Waals surface area contributed by atoms with E-state index >= 15 is 0 Å². The second kappa shape index (κ2) is 4.55. The van der Waals surface area contributed by atoms with Crippen molar-refractivity contribution in [2.45, 2.75) is 24.3 Å². The number of hydrogen-bond donors (Lipinski definition) is 0. The number of hydrogen-bond acceptors (Lipinski definition) is 3. The molecule has 88 valence electrons. The van der Waals surface area contributed by atoms with Gasteiger partial charge in [-0.1, -0.05) is 12.1 Å². The van der Waals surface area contributed by atoms with Crippen molar-refractivity contribution in [1.29, 1.82) is 0 Å². The molecule has 0 amide bonds. The van der Waals surface area contributed by atoms with E-state index in [2.05, 4.69) is 4.90 Å². The molecule has 1 fully saturated rings. The zero-order valence-electron chi connectivity index (χ0n) is 9.52. The molecule has 1 heterocycles. The van der Waals surface area contributed by atoms with Crippen LogP contribution < -0.4 is 0 Å². The van der Waals surface area contributed by atoms with Gasteiger partial charge in [-0.15, -0.1) is 0 Å². The second-order valence-electron chi connectivity index (χ2n) is 4.40. The maximum Gasteiger partial charge on any atom is 0.175 e. The summed E-state index contributed by atoms with van der Waals surface area (Å²) in [5.74, 6) is 0. The van der Waals surface area contributed by atoms with Crippen LogP contribution in [0.25, 0.3) is 0 Å². The van der Waals surface area contributed by atoms with Crippen LogP contribution in [0.4, 0.5) is 0 Å². The van der Waals surface area contributed by atoms with Gasteiger partial charge in [0, 0.05) is 12.8 Å². The fraction of sp³-hybridized carbons (Fsp3) is 0.500. The van der Waals surface area contributed by atoms with Crippen molar-refractivity contribution in [2.24, 2.45) is 0 Å². The first-order chi connectivity index (χ1) is 7.55. The Kier molecular flexibility index (Phi) is 3.30. The molecule has 0 saturated carbocycles. The van der Waals surface area contributed by atoms with Gasteiger partial charge in [-0.25, -0.2) is 8.42 Å². The Morgan fingerprint density at radius 1 is 1.12 bits per heavy atom. The third-order valence-electron chi connectivity index (χ3n) is 2.96. The highest BCUT2D eigenvalue weighted by Crippen LogP contribution is 2.15. The van der Waals surface area contributed by atoms with E-state index in [4.69, 9.17) is 0 Å². The molecule has 1 aliphatic heterocycles. The van der Waals surface area contributed by atoms with Crippen LogP contribution in [0.2, 0.25) is 0 Å². The summed E-state index contributed by atoms with van der Waals surface area (Å²) in [6.45, 7) is 3.26. The third kappa shape index (κ3) is 2.83. The van der Waals surface area contributed by atoms with Crippen molar-refractivity contribution < 1.29 is 8.42 Å². The standard InChI is InChI=1S/C12H17NO2S/c1-16(14,15)12-6-4-11(5-7-12)10-13-8-2-3-9-13/h4-7H,2-3,8-10H2,1H3. The molecule has 0 radical (unpaired) electrons. The van der Waals surface area contributed by atoms with Crippen LogP contribution >= 0.6 is 0 Å². The second-order valence-corrected chi connectivity index (χ2v) is 6.42. The van der Waals surface area contributed by atoms with E-state index in [-0.39, 0.29) is 0 Å². The predicted molar refractivity (Wildman–Crippen MR) is 64.1 cm³/mol. The molecule has 0 bridgehead atoms. The molecular formula is C12H17NO2S. The molecular weight excluding hydrogens is 222 g/mol. The molecule has 2 rings (SSSR count). The van der Waals surface area contributed by atoms with Gasteiger partial charge in [-0.2, -0.15) is 0 Å². The molecule has 0 aromatic heterocycles. The van der Waals surface area contributed by atoms with Gasteiger partial charge in [0.1, 0.15) is 0 Å². The van der Waals surface area contributed by atoms with Crippen molar-refractivity contribution >= 4 is 9.84 Å². The molecule has 0 unspecified atom stereocenters. The average Bonchev–Trinajstić information content (AvgIpc) is 2.70. The molecule has 1 aromatic carbocycles. The van der Waals surface area contributed by atoms with Gasteiger partial charge >= 0.3 is 0 Å². The lowest BCUT2D eigenvalue weighted by molar-refractivity contribution is 0.331. The first-order valence-corrected chi connectivity index (χ1v) is 7.46. The molecule has 3 nitrogen and oxygen atoms in total. The summed E-state index contributed by atoms with van der Waals surface area (Å²) in [6.07, 6.45) is 3.80. The van der Waals surface area contributed by atoms with E-state index in [1.54, 1.807) is 12.1 Å². The number of rotatable bonds is 3. The fourth-order valence-electron chi connectivity index (χ4n) is 2.04. The summed E-state index contributed by atoms with van der Waals surface area (Å²) < 4.78 is 22.6. The number of likely N-dealkylation sites (tertiary alicyclic amines) is 1. The molecule has 0 aliphatic carbocycles. The molecule has 1 aliphatic rings. The van der Waals surface area contributed by atoms with Crippen molar-refractivity contribution in [2.75, 3.05) is 19.3 Å². The molecule has 1 saturated heterocycles. The zero-order valence-corrected chi connectivity index (χ0v) is 10.3. The molecule has 1 aromatic rings. The summed E-state index contributed by atoms with van der Waals surface area (Å²) in [5, 5.41) is 0. The lowest BCUT2D eigenvalue weighted by atomic mass is 10.2. The van der Waals surface area contributed by atoms with Crippen LogP contribution in [0.15, 0.2) is 29.2 Å². The number of nitrogens with zero attached hydrogens (tertiary/aromatic N) is 1. The summed E-state index contributed by atoms with van der Waals surface area (Å²) in [6, 6.07) is 7.21. The van der Waals surface area contributed by atoms with E-state index in [0.29, 0.717) is 4.90 Å². The lowest BCUT2D eigenvalue weighted by Crippen LogP contribution is -2.18. The van der Waals surface area contributed by atoms with Crippen molar-refractivity contribution in [3.05, 3.63) is 29.8 Å². The van der Waals surface area contributed by atoms with Crippen LogP contribution in [-0.2, 0) is 16.4 Å². The van der Waals surface area contributed by atoms with Gasteiger partial charge in [-0.3, -0.25) is 4.90 Å². The maximum atomic E-state index is 11.3. The monoisotopic (exact) mass is 239 g/mol. The van der Waals surface area contributed by atoms with Gasteiger partial charge in [0.2, 0.25) is 0 Å². The molecule has 0 N–H and O–H groups in total. The van der Waals surface area contributed by atoms with Gasteiger partial charge in [0.25, 0.3) is 0 Å². The SMILES string of the molecule is CS(=O)(=O)c1ccc(CN2CCCC2)cc1. The fourth-order valence-corrected chi connectivity index (χ4v) is 2.67. The minimum absolute atomic E-state index is 0.401. The summed E-state index contributed by atoms with van der Waals surface area (Å²) in [4.78, 5) is 2.80. The van der Waals surface area contributed by atoms with Crippen molar-refractivity contribution in [3.8, 4) is 0 Å². The van der Waals surface area contributed by atoms with Crippen LogP contribution in [0.5, 0.6) is 0 Å². The minimum Gasteiger partial charge on any atom is -0.299 e. The topological polar surface area (TPSA) is 37.4 Å². The van der Waals surface area contributed by atoms with Crippen molar-refractivity contribution in [1.82, 2.24) is 4.90 Å². The first kappa shape index (κ1) is 11.6. The van der Waals surface area contributed by atoms with Gasteiger partial charge in [-0.05, 0) is 43.6 Å². The highest BCUT2D eigenvalue weighted by Gasteiger charge is 2.12. The Balaban J connectivity index is 2.07. The predicted octanol–water partition coefficient (Wildman–Crippen LogP) is 1.69. The van der Waals surface area contributed by atoms with Crippen LogP contribution in [0, 0.1) is 0 Å². The van der Waals surface area contributed by atoms with E-state index < -0.39 is 9.84 Å². The van der Waals surface area contributed by atoms with Gasteiger partial charge in [0.15, 0.2) is 9.84 Å². The molecule has 0 spiro atoms. The van der Waals surface area contributed by atoms with Gasteiger partial charge in [0.05, 0.1) is 4.90 Å². The first-order valence-electron chi connectivity index (χ1n) is 5.57. The Morgan fingerprint density at radius 2 is 1.69 bits per heavy atom.